The highest BCUT2D eigenvalue weighted by Gasteiger charge is 2.14. The van der Waals surface area contributed by atoms with Crippen LogP contribution in [-0.2, 0) is 0 Å². The monoisotopic (exact) mass is 390 g/mol. The zero-order valence-electron chi connectivity index (χ0n) is 15.1. The Kier molecular flexibility index (Phi) is 5.03. The minimum Gasteiger partial charge on any atom is -0.308 e. The van der Waals surface area contributed by atoms with Gasteiger partial charge in [-0.3, -0.25) is 5.32 Å². The first-order valence-electron chi connectivity index (χ1n) is 8.84. The van der Waals surface area contributed by atoms with Crippen LogP contribution >= 0.6 is 0 Å². The molecule has 2 N–H and O–H groups in total. The van der Waals surface area contributed by atoms with Crippen molar-refractivity contribution in [3.63, 3.8) is 0 Å². The maximum Gasteiger partial charge on any atom is 0.324 e. The van der Waals surface area contributed by atoms with Crippen molar-refractivity contribution in [2.24, 2.45) is 0 Å². The molecule has 0 saturated heterocycles. The molecule has 144 valence electrons. The van der Waals surface area contributed by atoms with Crippen molar-refractivity contribution < 1.29 is 13.6 Å². The van der Waals surface area contributed by atoms with Gasteiger partial charge >= 0.3 is 6.03 Å². The van der Waals surface area contributed by atoms with Crippen molar-refractivity contribution in [3.8, 4) is 16.9 Å². The van der Waals surface area contributed by atoms with Gasteiger partial charge in [0.15, 0.2) is 11.6 Å². The zero-order chi connectivity index (χ0) is 20.2. The normalized spacial score (nSPS) is 10.6. The third-order valence-corrected chi connectivity index (χ3v) is 4.20. The van der Waals surface area contributed by atoms with Crippen molar-refractivity contribution in [2.45, 2.75) is 0 Å². The number of benzene rings is 3. The number of carbonyl (C=O) groups excluding carboxylic acids is 1. The molecule has 0 unspecified atom stereocenters. The molecule has 2 amide bonds. The van der Waals surface area contributed by atoms with Crippen LogP contribution in [0.5, 0.6) is 0 Å². The van der Waals surface area contributed by atoms with Gasteiger partial charge in [0, 0.05) is 23.4 Å². The van der Waals surface area contributed by atoms with Crippen LogP contribution in [0, 0.1) is 11.6 Å². The van der Waals surface area contributed by atoms with E-state index >= 15 is 0 Å². The minimum absolute atomic E-state index is 0.135. The van der Waals surface area contributed by atoms with Gasteiger partial charge < -0.3 is 5.32 Å². The SMILES string of the molecule is O=C(Nc1ccc(F)c(F)c1)Nc1cc(-c2ccccc2)nn1-c1ccccc1. The van der Waals surface area contributed by atoms with Gasteiger partial charge in [0.05, 0.1) is 11.4 Å². The molecule has 0 radical (unpaired) electrons. The molecule has 5 nitrogen and oxygen atoms in total. The highest BCUT2D eigenvalue weighted by molar-refractivity contribution is 5.99. The lowest BCUT2D eigenvalue weighted by molar-refractivity contribution is 0.262. The third-order valence-electron chi connectivity index (χ3n) is 4.20. The summed E-state index contributed by atoms with van der Waals surface area (Å²) in [5, 5.41) is 9.81. The first kappa shape index (κ1) is 18.4. The highest BCUT2D eigenvalue weighted by atomic mass is 19.2. The van der Waals surface area contributed by atoms with Crippen LogP contribution in [0.15, 0.2) is 84.9 Å². The number of anilines is 2. The summed E-state index contributed by atoms with van der Waals surface area (Å²) in [6, 6.07) is 23.2. The van der Waals surface area contributed by atoms with Crippen molar-refractivity contribution >= 4 is 17.5 Å². The number of aromatic nitrogens is 2. The third kappa shape index (κ3) is 4.14. The number of nitrogens with zero attached hydrogens (tertiary/aromatic N) is 2. The van der Waals surface area contributed by atoms with E-state index in [1.54, 1.807) is 10.7 Å². The number of rotatable bonds is 4. The molecule has 1 aromatic heterocycles. The van der Waals surface area contributed by atoms with E-state index in [0.717, 1.165) is 23.4 Å². The lowest BCUT2D eigenvalue weighted by Gasteiger charge is -2.10. The Morgan fingerprint density at radius 1 is 0.793 bits per heavy atom. The quantitative estimate of drug-likeness (QED) is 0.486. The van der Waals surface area contributed by atoms with E-state index in [0.29, 0.717) is 11.5 Å². The van der Waals surface area contributed by atoms with Gasteiger partial charge in [-0.15, -0.1) is 0 Å². The molecule has 0 atom stereocenters. The van der Waals surface area contributed by atoms with Crippen molar-refractivity contribution in [1.82, 2.24) is 9.78 Å². The predicted octanol–water partition coefficient (Wildman–Crippen LogP) is 5.46. The van der Waals surface area contributed by atoms with Crippen LogP contribution in [0.1, 0.15) is 0 Å². The van der Waals surface area contributed by atoms with Gasteiger partial charge in [-0.2, -0.15) is 5.10 Å². The maximum atomic E-state index is 13.4. The lowest BCUT2D eigenvalue weighted by Crippen LogP contribution is -2.21. The molecule has 0 fully saturated rings. The molecule has 4 aromatic rings. The van der Waals surface area contributed by atoms with E-state index in [9.17, 15) is 13.6 Å². The minimum atomic E-state index is -1.04. The van der Waals surface area contributed by atoms with E-state index in [2.05, 4.69) is 15.7 Å². The molecule has 29 heavy (non-hydrogen) atoms. The van der Waals surface area contributed by atoms with E-state index < -0.39 is 17.7 Å². The van der Waals surface area contributed by atoms with Gasteiger partial charge in [0.25, 0.3) is 0 Å². The molecule has 4 rings (SSSR count). The summed E-state index contributed by atoms with van der Waals surface area (Å²) in [5.74, 6) is -1.59. The molecule has 0 spiro atoms. The number of nitrogens with one attached hydrogen (secondary N) is 2. The number of para-hydroxylation sites is 1. The molecule has 7 heteroatoms. The summed E-state index contributed by atoms with van der Waals surface area (Å²) in [5.41, 5.74) is 2.47. The Morgan fingerprint density at radius 3 is 2.17 bits per heavy atom. The van der Waals surface area contributed by atoms with Crippen molar-refractivity contribution in [3.05, 3.63) is 96.6 Å². The Labute approximate surface area is 165 Å². The van der Waals surface area contributed by atoms with E-state index in [1.165, 1.54) is 6.07 Å². The second-order valence-corrected chi connectivity index (χ2v) is 6.24. The van der Waals surface area contributed by atoms with Gasteiger partial charge in [0.2, 0.25) is 0 Å². The largest absolute Gasteiger partial charge is 0.324 e. The second-order valence-electron chi connectivity index (χ2n) is 6.24. The fraction of sp³-hybridized carbons (Fsp3) is 0. The second kappa shape index (κ2) is 7.93. The van der Waals surface area contributed by atoms with Gasteiger partial charge in [-0.05, 0) is 24.3 Å². The standard InChI is InChI=1S/C22H16F2N4O/c23-18-12-11-16(13-19(18)24)25-22(29)26-21-14-20(15-7-3-1-4-8-15)27-28(21)17-9-5-2-6-10-17/h1-14H,(H2,25,26,29). The Morgan fingerprint density at radius 2 is 1.48 bits per heavy atom. The number of hydrogen-bond acceptors (Lipinski definition) is 2. The number of halogens is 2. The summed E-state index contributed by atoms with van der Waals surface area (Å²) in [7, 11) is 0. The summed E-state index contributed by atoms with van der Waals surface area (Å²) in [4.78, 5) is 12.4. The average Bonchev–Trinajstić information content (AvgIpc) is 3.16. The molecule has 0 aliphatic rings. The molecule has 0 bridgehead atoms. The number of carbonyl (C=O) groups is 1. The zero-order valence-corrected chi connectivity index (χ0v) is 15.1. The van der Waals surface area contributed by atoms with E-state index in [4.69, 9.17) is 0 Å². The topological polar surface area (TPSA) is 59.0 Å². The molecule has 1 heterocycles. The van der Waals surface area contributed by atoms with Gasteiger partial charge in [-0.1, -0.05) is 48.5 Å². The highest BCUT2D eigenvalue weighted by Crippen LogP contribution is 2.25. The molecule has 0 saturated carbocycles. The smallest absolute Gasteiger partial charge is 0.308 e. The van der Waals surface area contributed by atoms with Crippen LogP contribution in [-0.4, -0.2) is 15.8 Å². The number of urea groups is 1. The van der Waals surface area contributed by atoms with Gasteiger partial charge in [-0.25, -0.2) is 18.3 Å². The fourth-order valence-corrected chi connectivity index (χ4v) is 2.84. The Bertz CT molecular complexity index is 1140. The Balaban J connectivity index is 1.63. The molecule has 3 aromatic carbocycles. The summed E-state index contributed by atoms with van der Waals surface area (Å²) in [6.07, 6.45) is 0. The maximum absolute atomic E-state index is 13.4. The number of amides is 2. The molecular formula is C22H16F2N4O. The van der Waals surface area contributed by atoms with E-state index in [-0.39, 0.29) is 5.69 Å². The van der Waals surface area contributed by atoms with Gasteiger partial charge in [0.1, 0.15) is 5.82 Å². The van der Waals surface area contributed by atoms with Crippen LogP contribution in [0.2, 0.25) is 0 Å². The summed E-state index contributed by atoms with van der Waals surface area (Å²) in [6.45, 7) is 0. The molecular weight excluding hydrogens is 374 g/mol. The fourth-order valence-electron chi connectivity index (χ4n) is 2.84. The average molecular weight is 390 g/mol. The van der Waals surface area contributed by atoms with Crippen molar-refractivity contribution in [1.29, 1.82) is 0 Å². The predicted molar refractivity (Wildman–Crippen MR) is 108 cm³/mol. The molecule has 0 aliphatic heterocycles. The summed E-state index contributed by atoms with van der Waals surface area (Å²) < 4.78 is 28.0. The van der Waals surface area contributed by atoms with Crippen LogP contribution in [0.3, 0.4) is 0 Å². The first-order chi connectivity index (χ1) is 14.1. The molecule has 0 aliphatic carbocycles. The van der Waals surface area contributed by atoms with Crippen LogP contribution in [0.4, 0.5) is 25.1 Å². The lowest BCUT2D eigenvalue weighted by atomic mass is 10.2. The Hall–Kier alpha value is -4.00. The van der Waals surface area contributed by atoms with Crippen LogP contribution in [0.25, 0.3) is 16.9 Å². The first-order valence-corrected chi connectivity index (χ1v) is 8.84. The summed E-state index contributed by atoms with van der Waals surface area (Å²) >= 11 is 0. The van der Waals surface area contributed by atoms with Crippen molar-refractivity contribution in [2.75, 3.05) is 10.6 Å². The van der Waals surface area contributed by atoms with E-state index in [1.807, 2.05) is 60.7 Å². The van der Waals surface area contributed by atoms with Crippen LogP contribution < -0.4 is 10.6 Å². The number of hydrogen-bond donors (Lipinski definition) is 2.